The summed E-state index contributed by atoms with van der Waals surface area (Å²) in [6, 6.07) is 12.5. The first-order valence-corrected chi connectivity index (χ1v) is 27.9. The van der Waals surface area contributed by atoms with Crippen molar-refractivity contribution in [3.8, 4) is 18.2 Å². The van der Waals surface area contributed by atoms with Gasteiger partial charge in [0.2, 0.25) is 11.8 Å². The van der Waals surface area contributed by atoms with Gasteiger partial charge in [0.05, 0.1) is 54.6 Å². The SMILES string of the molecule is CC(I)I.Cl.N#CC1C[C@H]2C[C@H]2N1.N#C[C@@H]1C[C@@H]2C[C@@H]2N1C(=O)[C@@H](N)C12CC3CC(CC(O)(C3)C1)C2.N#C[C@@H]1C[C@@H]2C[C@@H]2N1C(=O)[C@@H](N1C(=O)c2ccccc2C1=O)C12CC3CC(CC(O)(C3)C1)C2.O. The van der Waals surface area contributed by atoms with Crippen molar-refractivity contribution < 1.29 is 34.9 Å². The number of hydrogen-bond acceptors (Lipinski definition) is 11. The van der Waals surface area contributed by atoms with Gasteiger partial charge in [-0.05, 0) is 181 Å². The van der Waals surface area contributed by atoms with Crippen molar-refractivity contribution in [1.29, 1.82) is 15.8 Å². The molecule has 15 atom stereocenters. The third kappa shape index (κ3) is 9.10. The van der Waals surface area contributed by atoms with Gasteiger partial charge in [-0.1, -0.05) is 57.3 Å². The topological polar surface area (TPSA) is 259 Å². The Labute approximate surface area is 444 Å². The Kier molecular flexibility index (Phi) is 14.1. The highest BCUT2D eigenvalue weighted by molar-refractivity contribution is 14.2. The summed E-state index contributed by atoms with van der Waals surface area (Å²) in [5.74, 6) is 2.28. The fourth-order valence-corrected chi connectivity index (χ4v) is 17.1. The Morgan fingerprint density at radius 3 is 1.53 bits per heavy atom. The van der Waals surface area contributed by atoms with Crippen molar-refractivity contribution in [2.75, 3.05) is 0 Å². The number of hydrogen-bond donors (Lipinski definition) is 4. The van der Waals surface area contributed by atoms with Crippen LogP contribution >= 0.6 is 57.6 Å². The highest BCUT2D eigenvalue weighted by Crippen LogP contribution is 2.65. The summed E-state index contributed by atoms with van der Waals surface area (Å²) in [6.07, 6.45) is 15.9. The van der Waals surface area contributed by atoms with Crippen LogP contribution in [0, 0.1) is 86.2 Å². The van der Waals surface area contributed by atoms with Gasteiger partial charge >= 0.3 is 0 Å². The molecule has 18 heteroatoms. The lowest BCUT2D eigenvalue weighted by Gasteiger charge is -2.62. The molecule has 4 amide bonds. The van der Waals surface area contributed by atoms with Crippen molar-refractivity contribution in [2.24, 2.45) is 58.0 Å². The minimum atomic E-state index is -0.961. The third-order valence-corrected chi connectivity index (χ3v) is 19.0. The monoisotopic (exact) mass is 1200 g/mol. The molecule has 0 aromatic heterocycles. The zero-order chi connectivity index (χ0) is 47.8. The fourth-order valence-electron chi connectivity index (χ4n) is 17.1. The van der Waals surface area contributed by atoms with E-state index in [1.807, 2.05) is 0 Å². The van der Waals surface area contributed by atoms with Crippen LogP contribution in [0.1, 0.15) is 143 Å². The van der Waals surface area contributed by atoms with Gasteiger partial charge in [-0.2, -0.15) is 15.8 Å². The smallest absolute Gasteiger partial charge is 0.262 e. The number of benzene rings is 1. The van der Waals surface area contributed by atoms with E-state index in [-0.39, 0.29) is 59.3 Å². The molecule has 8 bridgehead atoms. The van der Waals surface area contributed by atoms with Gasteiger partial charge in [-0.15, -0.1) is 12.4 Å². The molecular weight excluding hydrogens is 1140 g/mol. The number of amides is 4. The summed E-state index contributed by atoms with van der Waals surface area (Å²) in [4.78, 5) is 59.4. The lowest BCUT2D eigenvalue weighted by molar-refractivity contribution is -0.186. The fraction of sp³-hybridized carbons (Fsp3) is 0.750. The molecule has 14 fully saturated rings. The van der Waals surface area contributed by atoms with Gasteiger partial charge < -0.3 is 31.2 Å². The van der Waals surface area contributed by atoms with Crippen molar-refractivity contribution in [2.45, 2.75) is 184 Å². The second-order valence-electron chi connectivity index (χ2n) is 24.1. The maximum Gasteiger partial charge on any atom is 0.262 e. The number of nitrogens with two attached hydrogens (primary N) is 1. The van der Waals surface area contributed by atoms with E-state index in [4.69, 9.17) is 11.0 Å². The van der Waals surface area contributed by atoms with Gasteiger partial charge in [-0.25, -0.2) is 0 Å². The predicted molar refractivity (Wildman–Crippen MR) is 276 cm³/mol. The molecule has 15 nitrogen and oxygen atoms in total. The van der Waals surface area contributed by atoms with Crippen LogP contribution in [-0.2, 0) is 9.59 Å². The molecule has 16 rings (SSSR count). The summed E-state index contributed by atoms with van der Waals surface area (Å²) >= 11 is 4.66. The first-order chi connectivity index (χ1) is 32.4. The molecule has 3 saturated heterocycles. The minimum Gasteiger partial charge on any atom is -0.412 e. The van der Waals surface area contributed by atoms with Gasteiger partial charge in [0.1, 0.15) is 18.1 Å². The number of nitrogens with one attached hydrogen (secondary N) is 1. The van der Waals surface area contributed by atoms with Crippen LogP contribution in [0.15, 0.2) is 24.3 Å². The number of carbonyl (C=O) groups excluding carboxylic acids is 4. The van der Waals surface area contributed by atoms with Crippen LogP contribution in [-0.4, -0.2) is 115 Å². The Hall–Kier alpha value is -2.68. The van der Waals surface area contributed by atoms with E-state index in [0.717, 1.165) is 97.4 Å². The minimum absolute atomic E-state index is 0. The maximum atomic E-state index is 14.3. The third-order valence-electron chi connectivity index (χ3n) is 19.0. The lowest BCUT2D eigenvalue weighted by atomic mass is 9.46. The molecule has 0 radical (unpaired) electrons. The number of likely N-dealkylation sites (tertiary alicyclic amines) is 2. The summed E-state index contributed by atoms with van der Waals surface area (Å²) < 4.78 is 0.773. The molecule has 0 spiro atoms. The number of halogens is 3. The van der Waals surface area contributed by atoms with Crippen molar-refractivity contribution in [3.63, 3.8) is 0 Å². The Bertz CT molecular complexity index is 2350. The summed E-state index contributed by atoms with van der Waals surface area (Å²) in [5, 5.41) is 53.0. The maximum absolute atomic E-state index is 14.3. The summed E-state index contributed by atoms with van der Waals surface area (Å²) in [7, 11) is 0. The van der Waals surface area contributed by atoms with E-state index in [1.54, 1.807) is 34.1 Å². The first-order valence-electron chi connectivity index (χ1n) is 25.4. The lowest BCUT2D eigenvalue weighted by Crippen LogP contribution is -2.67. The molecule has 15 aliphatic rings. The highest BCUT2D eigenvalue weighted by Gasteiger charge is 2.67. The molecule has 7 N–H and O–H groups in total. The van der Waals surface area contributed by atoms with E-state index in [0.29, 0.717) is 65.9 Å². The van der Waals surface area contributed by atoms with E-state index in [2.05, 4.69) is 75.6 Å². The average Bonchev–Trinajstić information content (AvgIpc) is 4.23. The quantitative estimate of drug-likeness (QED) is 0.158. The van der Waals surface area contributed by atoms with Crippen molar-refractivity contribution in [3.05, 3.63) is 35.4 Å². The van der Waals surface area contributed by atoms with Gasteiger partial charge in [0, 0.05) is 23.5 Å². The van der Waals surface area contributed by atoms with Crippen LogP contribution in [0.5, 0.6) is 0 Å². The molecule has 1 aromatic carbocycles. The number of imide groups is 1. The number of aliphatic hydroxyl groups is 2. The molecule has 5 unspecified atom stereocenters. The second kappa shape index (κ2) is 18.9. The average molecular weight is 1210 g/mol. The molecule has 4 aliphatic heterocycles. The molecule has 11 aliphatic carbocycles. The van der Waals surface area contributed by atoms with Crippen LogP contribution in [0.4, 0.5) is 0 Å². The Balaban J connectivity index is 0.000000142. The van der Waals surface area contributed by atoms with E-state index in [9.17, 15) is 39.9 Å². The van der Waals surface area contributed by atoms with Gasteiger partial charge in [-0.3, -0.25) is 29.4 Å². The second-order valence-corrected chi connectivity index (χ2v) is 30.2. The van der Waals surface area contributed by atoms with Gasteiger partial charge in [0.25, 0.3) is 11.8 Å². The zero-order valence-electron chi connectivity index (χ0n) is 39.7. The van der Waals surface area contributed by atoms with Crippen LogP contribution < -0.4 is 11.1 Å². The first kappa shape index (κ1) is 52.2. The Morgan fingerprint density at radius 1 is 0.686 bits per heavy atom. The van der Waals surface area contributed by atoms with E-state index >= 15 is 0 Å². The number of fused-ring (bicyclic) bond motifs is 4. The number of piperidine rings is 3. The Morgan fingerprint density at radius 2 is 1.13 bits per heavy atom. The highest BCUT2D eigenvalue weighted by atomic mass is 127. The summed E-state index contributed by atoms with van der Waals surface area (Å²) in [5.41, 5.74) is 4.93. The number of alkyl halides is 2. The predicted octanol–water partition coefficient (Wildman–Crippen LogP) is 5.71. The number of carbonyl (C=O) groups is 4. The zero-order valence-corrected chi connectivity index (χ0v) is 44.9. The van der Waals surface area contributed by atoms with Gasteiger partial charge in [0.15, 0.2) is 0 Å². The standard InChI is InChI=1S/C26H27N3O4.C18H25N3O2.C6H8N2.C2H4I2.ClH.H2O/c27-12-17-6-16-7-20(16)28(17)24(32)21(29-22(30)18-3-1-2-4-19(18)23(29)31)25-8-14-5-15(9-25)11-26(33,10-14)13-25;19-8-13-2-12-3-14(12)21(13)16(22)15(20)17-4-10-1-11(5-17)7-18(23,6-10)9-17;7-3-5-1-4-2-6(4)8-5;1-2(3)4;;/h1-4,14-17,20-21,33H,5-11,13H2;10-15,23H,1-7,9,20H2;4-6,8H,1-2H2;2H,1H3;1H;1H2/t14?,15?,16-,17+,20+,21-,25?,26?;10?,11?,12-,13+,14+,15-,17?,18?;4-,5?,6+;;;/m110.../s1. The molecule has 4 heterocycles. The number of nitrogens with zero attached hydrogens (tertiary/aromatic N) is 6. The molecular formula is C52H67ClI2N8O7. The van der Waals surface area contributed by atoms with E-state index < -0.39 is 46.6 Å². The number of rotatable bonds is 5. The molecule has 378 valence electrons. The van der Waals surface area contributed by atoms with Crippen LogP contribution in [0.2, 0.25) is 0 Å². The van der Waals surface area contributed by atoms with Crippen LogP contribution in [0.3, 0.4) is 0 Å². The van der Waals surface area contributed by atoms with E-state index in [1.165, 1.54) is 17.7 Å². The summed E-state index contributed by atoms with van der Waals surface area (Å²) in [6.45, 7) is 2.14. The van der Waals surface area contributed by atoms with Crippen molar-refractivity contribution >= 4 is 81.2 Å². The number of nitriles is 3. The largest absolute Gasteiger partial charge is 0.412 e. The normalized spacial score (nSPS) is 44.1. The molecule has 1 aromatic rings. The molecule has 70 heavy (non-hydrogen) atoms. The van der Waals surface area contributed by atoms with Crippen LogP contribution in [0.25, 0.3) is 0 Å². The molecule has 11 saturated carbocycles. The van der Waals surface area contributed by atoms with Crippen molar-refractivity contribution in [1.82, 2.24) is 20.0 Å².